The second-order valence-corrected chi connectivity index (χ2v) is 5.22. The minimum absolute atomic E-state index is 0.243. The van der Waals surface area contributed by atoms with E-state index < -0.39 is 35.9 Å². The lowest BCUT2D eigenvalue weighted by Gasteiger charge is -2.32. The van der Waals surface area contributed by atoms with Crippen molar-refractivity contribution in [1.82, 2.24) is 4.98 Å². The van der Waals surface area contributed by atoms with Crippen LogP contribution in [0.3, 0.4) is 0 Å². The Kier molecular flexibility index (Phi) is 2.94. The summed E-state index contributed by atoms with van der Waals surface area (Å²) in [7, 11) is -1.10. The lowest BCUT2D eigenvalue weighted by atomic mass is 9.80. The fourth-order valence-corrected chi connectivity index (χ4v) is 1.59. The van der Waals surface area contributed by atoms with E-state index in [-0.39, 0.29) is 5.46 Å². The Hall–Kier alpha value is -1.08. The third-order valence-corrected chi connectivity index (χ3v) is 3.45. The molecular weight excluding hydrogens is 246 g/mol. The zero-order chi connectivity index (χ0) is 13.7. The molecule has 0 bridgehead atoms. The Balaban J connectivity index is 2.39. The Morgan fingerprint density at radius 3 is 2.00 bits per heavy atom. The summed E-state index contributed by atoms with van der Waals surface area (Å²) >= 11 is 0. The summed E-state index contributed by atoms with van der Waals surface area (Å²) in [6, 6.07) is 0. The number of rotatable bonds is 1. The van der Waals surface area contributed by atoms with Crippen LogP contribution in [-0.4, -0.2) is 23.3 Å². The lowest BCUT2D eigenvalue weighted by Crippen LogP contribution is -2.41. The Bertz CT molecular complexity index is 477. The van der Waals surface area contributed by atoms with Crippen LogP contribution in [-0.2, 0) is 9.31 Å². The molecule has 2 heterocycles. The maximum atomic E-state index is 13.6. The predicted octanol–water partition coefficient (Wildman–Crippen LogP) is 1.80. The summed E-state index contributed by atoms with van der Waals surface area (Å²) in [6.45, 7) is 7.10. The van der Waals surface area contributed by atoms with E-state index in [1.165, 1.54) is 0 Å². The third kappa shape index (κ3) is 1.91. The monoisotopic (exact) mass is 259 g/mol. The molecular formula is C11H13BF3NO2. The van der Waals surface area contributed by atoms with E-state index in [1.807, 2.05) is 0 Å². The Morgan fingerprint density at radius 2 is 1.50 bits per heavy atom. The topological polar surface area (TPSA) is 31.4 Å². The molecule has 0 aliphatic carbocycles. The van der Waals surface area contributed by atoms with Gasteiger partial charge in [0.05, 0.1) is 11.2 Å². The molecule has 1 aliphatic heterocycles. The van der Waals surface area contributed by atoms with Gasteiger partial charge in [0.2, 0.25) is 5.82 Å². The first-order valence-corrected chi connectivity index (χ1v) is 5.51. The molecule has 0 amide bonds. The van der Waals surface area contributed by atoms with Crippen molar-refractivity contribution in [3.8, 4) is 0 Å². The molecule has 0 spiro atoms. The number of halogens is 3. The summed E-state index contributed by atoms with van der Waals surface area (Å²) < 4.78 is 50.5. The lowest BCUT2D eigenvalue weighted by molar-refractivity contribution is 0.00578. The molecule has 2 rings (SSSR count). The number of aromatic nitrogens is 1. The van der Waals surface area contributed by atoms with E-state index in [1.54, 1.807) is 27.7 Å². The van der Waals surface area contributed by atoms with E-state index in [2.05, 4.69) is 4.98 Å². The minimum atomic E-state index is -1.62. The van der Waals surface area contributed by atoms with Crippen LogP contribution in [0.1, 0.15) is 27.7 Å². The fourth-order valence-electron chi connectivity index (χ4n) is 1.59. The second-order valence-electron chi connectivity index (χ2n) is 5.22. The van der Waals surface area contributed by atoms with Crippen LogP contribution in [0.15, 0.2) is 6.20 Å². The first-order valence-electron chi connectivity index (χ1n) is 5.51. The Labute approximate surface area is 103 Å². The largest absolute Gasteiger partial charge is 0.499 e. The minimum Gasteiger partial charge on any atom is -0.399 e. The molecule has 0 saturated carbocycles. The van der Waals surface area contributed by atoms with E-state index in [9.17, 15) is 13.2 Å². The van der Waals surface area contributed by atoms with Gasteiger partial charge < -0.3 is 9.31 Å². The molecule has 0 unspecified atom stereocenters. The second kappa shape index (κ2) is 3.96. The molecule has 18 heavy (non-hydrogen) atoms. The van der Waals surface area contributed by atoms with Crippen molar-refractivity contribution in [3.63, 3.8) is 0 Å². The average molecular weight is 259 g/mol. The van der Waals surface area contributed by atoms with Crippen LogP contribution in [0.4, 0.5) is 13.2 Å². The van der Waals surface area contributed by atoms with E-state index in [0.717, 1.165) is 6.20 Å². The standard InChI is InChI=1S/C11H13BF3NO2/c1-10(2)11(3,4)18-12(17-10)6-5-16-9(15)8(14)7(6)13/h5H,1-4H3. The zero-order valence-electron chi connectivity index (χ0n) is 10.6. The quantitative estimate of drug-likeness (QED) is 0.569. The van der Waals surface area contributed by atoms with Crippen LogP contribution in [0.2, 0.25) is 0 Å². The van der Waals surface area contributed by atoms with Crippen LogP contribution >= 0.6 is 0 Å². The van der Waals surface area contributed by atoms with E-state index in [4.69, 9.17) is 9.31 Å². The predicted molar refractivity (Wildman–Crippen MR) is 59.8 cm³/mol. The summed E-state index contributed by atoms with van der Waals surface area (Å²) in [4.78, 5) is 3.14. The highest BCUT2D eigenvalue weighted by Gasteiger charge is 2.52. The molecule has 1 aromatic rings. The molecule has 1 fully saturated rings. The van der Waals surface area contributed by atoms with Gasteiger partial charge in [0.15, 0.2) is 5.82 Å². The van der Waals surface area contributed by atoms with Gasteiger partial charge in [0.1, 0.15) is 0 Å². The number of nitrogens with zero attached hydrogens (tertiary/aromatic N) is 1. The molecule has 1 saturated heterocycles. The molecule has 0 radical (unpaired) electrons. The molecule has 1 aliphatic rings. The van der Waals surface area contributed by atoms with Crippen LogP contribution in [0.25, 0.3) is 0 Å². The smallest absolute Gasteiger partial charge is 0.399 e. The first-order chi connectivity index (χ1) is 8.16. The first kappa shape index (κ1) is 13.4. The third-order valence-electron chi connectivity index (χ3n) is 3.45. The highest BCUT2D eigenvalue weighted by atomic mass is 19.2. The van der Waals surface area contributed by atoms with Gasteiger partial charge in [-0.25, -0.2) is 9.37 Å². The van der Waals surface area contributed by atoms with Crippen LogP contribution < -0.4 is 5.46 Å². The molecule has 98 valence electrons. The summed E-state index contributed by atoms with van der Waals surface area (Å²) in [5.74, 6) is -4.43. The van der Waals surface area contributed by atoms with Gasteiger partial charge in [0.25, 0.3) is 5.95 Å². The highest BCUT2D eigenvalue weighted by molar-refractivity contribution is 6.62. The van der Waals surface area contributed by atoms with Crippen molar-refractivity contribution < 1.29 is 22.5 Å². The number of hydrogen-bond acceptors (Lipinski definition) is 3. The SMILES string of the molecule is CC1(C)OB(c2cnc(F)c(F)c2F)OC1(C)C. The van der Waals surface area contributed by atoms with Crippen molar-refractivity contribution >= 4 is 12.6 Å². The van der Waals surface area contributed by atoms with Gasteiger partial charge in [-0.3, -0.25) is 0 Å². The molecule has 3 nitrogen and oxygen atoms in total. The van der Waals surface area contributed by atoms with Gasteiger partial charge >= 0.3 is 7.12 Å². The molecule has 0 atom stereocenters. The van der Waals surface area contributed by atoms with Gasteiger partial charge in [0, 0.05) is 11.7 Å². The van der Waals surface area contributed by atoms with E-state index >= 15 is 0 Å². The van der Waals surface area contributed by atoms with Crippen molar-refractivity contribution in [2.24, 2.45) is 0 Å². The average Bonchev–Trinajstić information content (AvgIpc) is 2.45. The molecule has 0 N–H and O–H groups in total. The normalized spacial score (nSPS) is 21.4. The van der Waals surface area contributed by atoms with Crippen molar-refractivity contribution in [2.45, 2.75) is 38.9 Å². The van der Waals surface area contributed by atoms with Gasteiger partial charge in [-0.05, 0) is 27.7 Å². The van der Waals surface area contributed by atoms with Crippen molar-refractivity contribution in [3.05, 3.63) is 23.8 Å². The van der Waals surface area contributed by atoms with Crippen molar-refractivity contribution in [1.29, 1.82) is 0 Å². The number of pyridine rings is 1. The molecule has 7 heteroatoms. The Morgan fingerprint density at radius 1 is 1.00 bits per heavy atom. The summed E-state index contributed by atoms with van der Waals surface area (Å²) in [6.07, 6.45) is 0.885. The summed E-state index contributed by atoms with van der Waals surface area (Å²) in [5, 5.41) is 0. The molecule has 1 aromatic heterocycles. The number of hydrogen-bond donors (Lipinski definition) is 0. The van der Waals surface area contributed by atoms with Gasteiger partial charge in [-0.1, -0.05) is 0 Å². The van der Waals surface area contributed by atoms with Crippen LogP contribution in [0.5, 0.6) is 0 Å². The van der Waals surface area contributed by atoms with Gasteiger partial charge in [-0.15, -0.1) is 0 Å². The highest BCUT2D eigenvalue weighted by Crippen LogP contribution is 2.36. The fraction of sp³-hybridized carbons (Fsp3) is 0.545. The van der Waals surface area contributed by atoms with Crippen molar-refractivity contribution in [2.75, 3.05) is 0 Å². The van der Waals surface area contributed by atoms with E-state index in [0.29, 0.717) is 0 Å². The molecule has 0 aromatic carbocycles. The zero-order valence-corrected chi connectivity index (χ0v) is 10.6. The maximum Gasteiger partial charge on any atom is 0.499 e. The summed E-state index contributed by atoms with van der Waals surface area (Å²) in [5.41, 5.74) is -1.61. The van der Waals surface area contributed by atoms with Gasteiger partial charge in [-0.2, -0.15) is 8.78 Å². The van der Waals surface area contributed by atoms with Crippen LogP contribution in [0, 0.1) is 17.6 Å². The maximum absolute atomic E-state index is 13.6.